The van der Waals surface area contributed by atoms with Gasteiger partial charge in [-0.2, -0.15) is 4.98 Å². The third kappa shape index (κ3) is 3.65. The zero-order valence-electron chi connectivity index (χ0n) is 13.1. The number of nitrogens with one attached hydrogen (secondary N) is 1. The van der Waals surface area contributed by atoms with Gasteiger partial charge in [0.25, 0.3) is 5.89 Å². The fourth-order valence-corrected chi connectivity index (χ4v) is 3.33. The second-order valence-corrected chi connectivity index (χ2v) is 7.06. The second-order valence-electron chi connectivity index (χ2n) is 5.74. The van der Waals surface area contributed by atoms with Crippen molar-refractivity contribution >= 4 is 40.6 Å². The second kappa shape index (κ2) is 6.82. The summed E-state index contributed by atoms with van der Waals surface area (Å²) in [7, 11) is 0. The monoisotopic (exact) mass is 371 g/mol. The Labute approximate surface area is 153 Å². The molecule has 1 fully saturated rings. The lowest BCUT2D eigenvalue weighted by Crippen LogP contribution is -2.07. The topological polar surface area (TPSA) is 68.0 Å². The summed E-state index contributed by atoms with van der Waals surface area (Å²) in [4.78, 5) is 17.4. The standard InChI is InChI=1S/C18H14ClN3O2S/c19-13-4-2-1-3-11(13)7-8-15(23)20-14-9-10-25-16(14)18-21-17(22-24-18)12-5-6-12/h1-4,7-10,12H,5-6H2,(H,20,23)/b8-7+. The summed E-state index contributed by atoms with van der Waals surface area (Å²) in [5.74, 6) is 1.37. The predicted octanol–water partition coefficient (Wildman–Crippen LogP) is 4.98. The van der Waals surface area contributed by atoms with Crippen LogP contribution in [0.1, 0.15) is 30.1 Å². The van der Waals surface area contributed by atoms with Gasteiger partial charge in [-0.05, 0) is 42.0 Å². The molecule has 2 heterocycles. The third-order valence-corrected chi connectivity index (χ3v) is 5.07. The van der Waals surface area contributed by atoms with Gasteiger partial charge in [0.05, 0.1) is 5.69 Å². The summed E-state index contributed by atoms with van der Waals surface area (Å²) < 4.78 is 5.34. The molecule has 1 aliphatic carbocycles. The molecular formula is C18H14ClN3O2S. The van der Waals surface area contributed by atoms with Crippen molar-refractivity contribution in [1.82, 2.24) is 10.1 Å². The fourth-order valence-electron chi connectivity index (χ4n) is 2.36. The Kier molecular flexibility index (Phi) is 4.38. The average Bonchev–Trinajstić information content (AvgIpc) is 3.16. The van der Waals surface area contributed by atoms with Crippen LogP contribution in [0.15, 0.2) is 46.3 Å². The number of carbonyl (C=O) groups is 1. The van der Waals surface area contributed by atoms with Gasteiger partial charge >= 0.3 is 0 Å². The Morgan fingerprint density at radius 3 is 2.96 bits per heavy atom. The van der Waals surface area contributed by atoms with E-state index >= 15 is 0 Å². The molecule has 7 heteroatoms. The molecule has 1 aliphatic rings. The fraction of sp³-hybridized carbons (Fsp3) is 0.167. The van der Waals surface area contributed by atoms with E-state index in [1.54, 1.807) is 12.1 Å². The number of carbonyl (C=O) groups excluding carboxylic acids is 1. The number of hydrogen-bond donors (Lipinski definition) is 1. The Hall–Kier alpha value is -2.44. The zero-order valence-corrected chi connectivity index (χ0v) is 14.7. The highest BCUT2D eigenvalue weighted by Crippen LogP contribution is 2.40. The van der Waals surface area contributed by atoms with Crippen LogP contribution in [0.25, 0.3) is 16.8 Å². The van der Waals surface area contributed by atoms with Gasteiger partial charge in [0, 0.05) is 17.0 Å². The number of amides is 1. The quantitative estimate of drug-likeness (QED) is 0.642. The SMILES string of the molecule is O=C(/C=C/c1ccccc1Cl)Nc1ccsc1-c1nc(C2CC2)no1. The van der Waals surface area contributed by atoms with Crippen molar-refractivity contribution in [3.05, 3.63) is 58.2 Å². The van der Waals surface area contributed by atoms with Crippen LogP contribution in [0.2, 0.25) is 5.02 Å². The van der Waals surface area contributed by atoms with Crippen molar-refractivity contribution in [2.24, 2.45) is 0 Å². The normalized spacial score (nSPS) is 14.1. The summed E-state index contributed by atoms with van der Waals surface area (Å²) in [6, 6.07) is 9.16. The molecule has 25 heavy (non-hydrogen) atoms. The lowest BCUT2D eigenvalue weighted by molar-refractivity contribution is -0.111. The molecule has 1 N–H and O–H groups in total. The molecule has 0 aliphatic heterocycles. The van der Waals surface area contributed by atoms with Crippen molar-refractivity contribution in [2.75, 3.05) is 5.32 Å². The summed E-state index contributed by atoms with van der Waals surface area (Å²) in [5.41, 5.74) is 1.45. The zero-order chi connectivity index (χ0) is 17.2. The molecule has 4 rings (SSSR count). The summed E-state index contributed by atoms with van der Waals surface area (Å²) in [6.45, 7) is 0. The van der Waals surface area contributed by atoms with E-state index in [9.17, 15) is 4.79 Å². The van der Waals surface area contributed by atoms with E-state index in [0.29, 0.717) is 22.5 Å². The molecule has 0 bridgehead atoms. The van der Waals surface area contributed by atoms with E-state index in [1.165, 1.54) is 17.4 Å². The largest absolute Gasteiger partial charge is 0.333 e. The number of nitrogens with zero attached hydrogens (tertiary/aromatic N) is 2. The number of aromatic nitrogens is 2. The number of benzene rings is 1. The Balaban J connectivity index is 1.48. The Morgan fingerprint density at radius 2 is 2.16 bits per heavy atom. The minimum Gasteiger partial charge on any atom is -0.333 e. The molecule has 0 radical (unpaired) electrons. The molecule has 0 spiro atoms. The lowest BCUT2D eigenvalue weighted by atomic mass is 10.2. The van der Waals surface area contributed by atoms with Crippen LogP contribution >= 0.6 is 22.9 Å². The molecular weight excluding hydrogens is 358 g/mol. The van der Waals surface area contributed by atoms with Crippen LogP contribution in [-0.2, 0) is 4.79 Å². The van der Waals surface area contributed by atoms with Crippen LogP contribution in [-0.4, -0.2) is 16.0 Å². The molecule has 2 aromatic heterocycles. The van der Waals surface area contributed by atoms with E-state index in [4.69, 9.17) is 16.1 Å². The number of thiophene rings is 1. The first-order chi connectivity index (χ1) is 12.2. The molecule has 5 nitrogen and oxygen atoms in total. The van der Waals surface area contributed by atoms with E-state index in [-0.39, 0.29) is 5.91 Å². The van der Waals surface area contributed by atoms with Crippen molar-refractivity contribution in [3.63, 3.8) is 0 Å². The predicted molar refractivity (Wildman–Crippen MR) is 98.7 cm³/mol. The van der Waals surface area contributed by atoms with Gasteiger partial charge in [0.1, 0.15) is 4.88 Å². The number of rotatable bonds is 5. The van der Waals surface area contributed by atoms with Crippen molar-refractivity contribution in [1.29, 1.82) is 0 Å². The molecule has 126 valence electrons. The van der Waals surface area contributed by atoms with Gasteiger partial charge < -0.3 is 9.84 Å². The van der Waals surface area contributed by atoms with Crippen molar-refractivity contribution in [3.8, 4) is 10.8 Å². The first-order valence-electron chi connectivity index (χ1n) is 7.86. The summed E-state index contributed by atoms with van der Waals surface area (Å²) >= 11 is 7.53. The van der Waals surface area contributed by atoms with Gasteiger partial charge in [-0.15, -0.1) is 11.3 Å². The molecule has 1 amide bonds. The molecule has 1 saturated carbocycles. The highest BCUT2D eigenvalue weighted by Gasteiger charge is 2.29. The maximum atomic E-state index is 12.2. The Morgan fingerprint density at radius 1 is 1.32 bits per heavy atom. The van der Waals surface area contributed by atoms with Crippen LogP contribution < -0.4 is 5.32 Å². The molecule has 0 atom stereocenters. The maximum absolute atomic E-state index is 12.2. The minimum atomic E-state index is -0.249. The number of halogens is 1. The van der Waals surface area contributed by atoms with Gasteiger partial charge in [0.15, 0.2) is 5.82 Å². The Bertz CT molecular complexity index is 943. The summed E-state index contributed by atoms with van der Waals surface area (Å²) in [5, 5.41) is 9.34. The van der Waals surface area contributed by atoms with E-state index in [0.717, 1.165) is 29.1 Å². The number of hydrogen-bond acceptors (Lipinski definition) is 5. The first kappa shape index (κ1) is 16.1. The van der Waals surface area contributed by atoms with Gasteiger partial charge in [-0.25, -0.2) is 0 Å². The van der Waals surface area contributed by atoms with Gasteiger partial charge in [-0.3, -0.25) is 4.79 Å². The number of anilines is 1. The maximum Gasteiger partial charge on any atom is 0.270 e. The molecule has 0 unspecified atom stereocenters. The van der Waals surface area contributed by atoms with Gasteiger partial charge in [-0.1, -0.05) is 35.0 Å². The highest BCUT2D eigenvalue weighted by molar-refractivity contribution is 7.14. The van der Waals surface area contributed by atoms with Gasteiger partial charge in [0.2, 0.25) is 5.91 Å². The van der Waals surface area contributed by atoms with Crippen LogP contribution in [0, 0.1) is 0 Å². The molecule has 3 aromatic rings. The smallest absolute Gasteiger partial charge is 0.270 e. The first-order valence-corrected chi connectivity index (χ1v) is 9.11. The average molecular weight is 372 g/mol. The minimum absolute atomic E-state index is 0.249. The van der Waals surface area contributed by atoms with Crippen molar-refractivity contribution < 1.29 is 9.32 Å². The lowest BCUT2D eigenvalue weighted by Gasteiger charge is -2.01. The molecule has 1 aromatic carbocycles. The summed E-state index contributed by atoms with van der Waals surface area (Å²) in [6.07, 6.45) is 5.35. The van der Waals surface area contributed by atoms with E-state index in [2.05, 4.69) is 15.5 Å². The highest BCUT2D eigenvalue weighted by atomic mass is 35.5. The van der Waals surface area contributed by atoms with E-state index in [1.807, 2.05) is 29.6 Å². The van der Waals surface area contributed by atoms with Crippen LogP contribution in [0.4, 0.5) is 5.69 Å². The van der Waals surface area contributed by atoms with E-state index < -0.39 is 0 Å². The molecule has 0 saturated heterocycles. The van der Waals surface area contributed by atoms with Crippen LogP contribution in [0.5, 0.6) is 0 Å². The third-order valence-electron chi connectivity index (χ3n) is 3.82. The van der Waals surface area contributed by atoms with Crippen LogP contribution in [0.3, 0.4) is 0 Å². The van der Waals surface area contributed by atoms with Crippen molar-refractivity contribution in [2.45, 2.75) is 18.8 Å².